The van der Waals surface area contributed by atoms with Gasteiger partial charge in [0.05, 0.1) is 5.02 Å². The predicted molar refractivity (Wildman–Crippen MR) is 50.7 cm³/mol. The van der Waals surface area contributed by atoms with Gasteiger partial charge >= 0.3 is 0 Å². The quantitative estimate of drug-likeness (QED) is 0.690. The third kappa shape index (κ3) is 1.20. The highest BCUT2D eigenvalue weighted by molar-refractivity contribution is 14.1. The van der Waals surface area contributed by atoms with Gasteiger partial charge in [-0.15, -0.1) is 10.2 Å². The highest BCUT2D eigenvalue weighted by Gasteiger charge is 2.00. The van der Waals surface area contributed by atoms with Crippen molar-refractivity contribution in [1.82, 2.24) is 14.6 Å². The van der Waals surface area contributed by atoms with E-state index in [9.17, 15) is 0 Å². The zero-order chi connectivity index (χ0) is 7.84. The average molecular weight is 279 g/mol. The minimum atomic E-state index is 0.720. The van der Waals surface area contributed by atoms with Crippen LogP contribution in [0.15, 0.2) is 18.6 Å². The molecule has 0 spiro atoms. The minimum absolute atomic E-state index is 0.720. The fourth-order valence-electron chi connectivity index (χ4n) is 0.820. The van der Waals surface area contributed by atoms with Crippen LogP contribution in [-0.2, 0) is 0 Å². The molecule has 0 fully saturated rings. The van der Waals surface area contributed by atoms with Crippen molar-refractivity contribution in [2.24, 2.45) is 0 Å². The molecule has 2 aromatic rings. The summed E-state index contributed by atoms with van der Waals surface area (Å²) in [5.74, 6) is 0. The first-order valence-corrected chi connectivity index (χ1v) is 4.37. The topological polar surface area (TPSA) is 30.2 Å². The van der Waals surface area contributed by atoms with Gasteiger partial charge in [0.15, 0.2) is 5.65 Å². The molecule has 0 aliphatic heterocycles. The van der Waals surface area contributed by atoms with E-state index in [2.05, 4.69) is 32.8 Å². The second-order valence-corrected chi connectivity index (χ2v) is 3.64. The summed E-state index contributed by atoms with van der Waals surface area (Å²) in [7, 11) is 0. The van der Waals surface area contributed by atoms with Crippen LogP contribution in [0.5, 0.6) is 0 Å². The molecule has 0 aliphatic rings. The minimum Gasteiger partial charge on any atom is -0.287 e. The number of hydrogen-bond acceptors (Lipinski definition) is 2. The summed E-state index contributed by atoms with van der Waals surface area (Å²) in [5, 5.41) is 8.32. The van der Waals surface area contributed by atoms with Crippen LogP contribution in [0.4, 0.5) is 0 Å². The smallest absolute Gasteiger partial charge is 0.161 e. The Hall–Kier alpha value is -0.360. The van der Waals surface area contributed by atoms with E-state index in [1.807, 2.05) is 6.07 Å². The zero-order valence-electron chi connectivity index (χ0n) is 5.33. The Morgan fingerprint density at radius 1 is 1.55 bits per heavy atom. The van der Waals surface area contributed by atoms with Gasteiger partial charge in [-0.05, 0) is 28.7 Å². The molecular weight excluding hydrogens is 276 g/mol. The second-order valence-electron chi connectivity index (χ2n) is 2.07. The van der Waals surface area contributed by atoms with Crippen molar-refractivity contribution in [3.05, 3.63) is 27.2 Å². The van der Waals surface area contributed by atoms with Gasteiger partial charge in [-0.25, -0.2) is 0 Å². The number of hydrogen-bond donors (Lipinski definition) is 0. The SMILES string of the molecule is Clc1cn2cnnc2cc1I. The predicted octanol–water partition coefficient (Wildman–Crippen LogP) is 1.99. The summed E-state index contributed by atoms with van der Waals surface area (Å²) < 4.78 is 2.77. The maximum atomic E-state index is 5.86. The zero-order valence-corrected chi connectivity index (χ0v) is 8.24. The van der Waals surface area contributed by atoms with Gasteiger partial charge in [0.25, 0.3) is 0 Å². The van der Waals surface area contributed by atoms with Crippen LogP contribution in [-0.4, -0.2) is 14.6 Å². The first-order chi connectivity index (χ1) is 5.27. The van der Waals surface area contributed by atoms with Gasteiger partial charge in [0.1, 0.15) is 6.33 Å². The lowest BCUT2D eigenvalue weighted by atomic mass is 10.5. The molecule has 0 saturated heterocycles. The van der Waals surface area contributed by atoms with E-state index in [1.165, 1.54) is 0 Å². The lowest BCUT2D eigenvalue weighted by molar-refractivity contribution is 1.10. The van der Waals surface area contributed by atoms with E-state index < -0.39 is 0 Å². The molecule has 2 aromatic heterocycles. The third-order valence-electron chi connectivity index (χ3n) is 1.34. The monoisotopic (exact) mass is 279 g/mol. The number of fused-ring (bicyclic) bond motifs is 1. The molecule has 0 amide bonds. The molecule has 0 radical (unpaired) electrons. The number of nitrogens with zero attached hydrogens (tertiary/aromatic N) is 3. The molecule has 0 bridgehead atoms. The van der Waals surface area contributed by atoms with Crippen molar-refractivity contribution >= 4 is 39.8 Å². The molecule has 0 N–H and O–H groups in total. The molecule has 2 rings (SSSR count). The largest absolute Gasteiger partial charge is 0.287 e. The summed E-state index contributed by atoms with van der Waals surface area (Å²) in [5.41, 5.74) is 0.818. The van der Waals surface area contributed by atoms with Crippen molar-refractivity contribution in [1.29, 1.82) is 0 Å². The van der Waals surface area contributed by atoms with Gasteiger partial charge < -0.3 is 0 Å². The normalized spacial score (nSPS) is 10.7. The van der Waals surface area contributed by atoms with E-state index in [-0.39, 0.29) is 0 Å². The number of halogens is 2. The first-order valence-electron chi connectivity index (χ1n) is 2.92. The standard InChI is InChI=1S/C6H3ClIN3/c7-4-2-11-3-9-10-6(11)1-5(4)8/h1-3H. The Kier molecular flexibility index (Phi) is 1.72. The summed E-state index contributed by atoms with van der Waals surface area (Å²) in [6.45, 7) is 0. The Bertz CT molecular complexity index is 362. The van der Waals surface area contributed by atoms with Crippen LogP contribution in [0, 0.1) is 3.57 Å². The van der Waals surface area contributed by atoms with E-state index in [1.54, 1.807) is 16.9 Å². The van der Waals surface area contributed by atoms with Gasteiger partial charge in [-0.1, -0.05) is 11.6 Å². The van der Waals surface area contributed by atoms with E-state index in [0.717, 1.165) is 14.2 Å². The Morgan fingerprint density at radius 2 is 2.36 bits per heavy atom. The fourth-order valence-corrected chi connectivity index (χ4v) is 1.40. The van der Waals surface area contributed by atoms with Crippen molar-refractivity contribution in [3.8, 4) is 0 Å². The van der Waals surface area contributed by atoms with Gasteiger partial charge in [0, 0.05) is 9.77 Å². The summed E-state index contributed by atoms with van der Waals surface area (Å²) in [6.07, 6.45) is 3.41. The number of aromatic nitrogens is 3. The van der Waals surface area contributed by atoms with Crippen LogP contribution in [0.2, 0.25) is 5.02 Å². The molecule has 3 nitrogen and oxygen atoms in total. The second kappa shape index (κ2) is 2.60. The highest BCUT2D eigenvalue weighted by atomic mass is 127. The summed E-state index contributed by atoms with van der Waals surface area (Å²) in [6, 6.07) is 1.88. The Labute approximate surface area is 81.5 Å². The molecule has 11 heavy (non-hydrogen) atoms. The van der Waals surface area contributed by atoms with Crippen molar-refractivity contribution in [2.75, 3.05) is 0 Å². The van der Waals surface area contributed by atoms with Crippen molar-refractivity contribution in [3.63, 3.8) is 0 Å². The van der Waals surface area contributed by atoms with E-state index in [4.69, 9.17) is 11.6 Å². The van der Waals surface area contributed by atoms with Crippen LogP contribution < -0.4 is 0 Å². The molecule has 0 saturated carbocycles. The molecule has 2 heterocycles. The molecule has 0 unspecified atom stereocenters. The van der Waals surface area contributed by atoms with E-state index in [0.29, 0.717) is 0 Å². The van der Waals surface area contributed by atoms with Crippen LogP contribution in [0.25, 0.3) is 5.65 Å². The van der Waals surface area contributed by atoms with Gasteiger partial charge in [-0.2, -0.15) is 0 Å². The van der Waals surface area contributed by atoms with Crippen LogP contribution in [0.3, 0.4) is 0 Å². The van der Waals surface area contributed by atoms with Crippen molar-refractivity contribution < 1.29 is 0 Å². The number of rotatable bonds is 0. The molecular formula is C6H3ClIN3. The molecule has 56 valence electrons. The number of pyridine rings is 1. The summed E-state index contributed by atoms with van der Waals surface area (Å²) in [4.78, 5) is 0. The Morgan fingerprint density at radius 3 is 3.18 bits per heavy atom. The molecule has 0 aliphatic carbocycles. The van der Waals surface area contributed by atoms with Crippen LogP contribution >= 0.6 is 34.2 Å². The summed E-state index contributed by atoms with van der Waals surface area (Å²) >= 11 is 8.02. The molecule has 0 aromatic carbocycles. The molecule has 5 heteroatoms. The van der Waals surface area contributed by atoms with E-state index >= 15 is 0 Å². The maximum absolute atomic E-state index is 5.86. The van der Waals surface area contributed by atoms with Crippen molar-refractivity contribution in [2.45, 2.75) is 0 Å². The fraction of sp³-hybridized carbons (Fsp3) is 0. The maximum Gasteiger partial charge on any atom is 0.161 e. The molecule has 0 atom stereocenters. The Balaban J connectivity index is 2.86. The lowest BCUT2D eigenvalue weighted by Crippen LogP contribution is -1.84. The van der Waals surface area contributed by atoms with Gasteiger partial charge in [-0.3, -0.25) is 4.40 Å². The average Bonchev–Trinajstić information content (AvgIpc) is 2.36. The lowest BCUT2D eigenvalue weighted by Gasteiger charge is -1.95. The highest BCUT2D eigenvalue weighted by Crippen LogP contribution is 2.18. The first kappa shape index (κ1) is 7.30. The van der Waals surface area contributed by atoms with Gasteiger partial charge in [0.2, 0.25) is 0 Å². The van der Waals surface area contributed by atoms with Crippen LogP contribution in [0.1, 0.15) is 0 Å². The third-order valence-corrected chi connectivity index (χ3v) is 2.85.